The molecule has 0 aliphatic heterocycles. The van der Waals surface area contributed by atoms with Gasteiger partial charge < -0.3 is 5.32 Å². The van der Waals surface area contributed by atoms with Crippen molar-refractivity contribution >= 4 is 11.3 Å². The molecule has 100 valence electrons. The third-order valence-corrected chi connectivity index (χ3v) is 5.25. The van der Waals surface area contributed by atoms with Crippen molar-refractivity contribution in [2.75, 3.05) is 7.05 Å². The van der Waals surface area contributed by atoms with Crippen LogP contribution in [0.15, 0.2) is 36.4 Å². The summed E-state index contributed by atoms with van der Waals surface area (Å²) in [6, 6.07) is 13.8. The van der Waals surface area contributed by atoms with E-state index in [1.54, 1.807) is 5.56 Å². The van der Waals surface area contributed by atoms with E-state index in [0.29, 0.717) is 6.04 Å². The minimum Gasteiger partial charge on any atom is -0.309 e. The average molecular weight is 271 g/mol. The molecule has 1 heterocycles. The number of thiophene rings is 1. The van der Waals surface area contributed by atoms with Crippen LogP contribution in [-0.2, 0) is 0 Å². The van der Waals surface area contributed by atoms with E-state index in [1.165, 1.54) is 34.6 Å². The fraction of sp³-hybridized carbons (Fsp3) is 0.412. The SMILES string of the molecule is CNC(c1ccc(C)s1)c1ccccc1C1CCC1. The first-order chi connectivity index (χ1) is 9.29. The summed E-state index contributed by atoms with van der Waals surface area (Å²) in [7, 11) is 2.07. The smallest absolute Gasteiger partial charge is 0.0671 e. The van der Waals surface area contributed by atoms with Gasteiger partial charge in [-0.1, -0.05) is 30.7 Å². The summed E-state index contributed by atoms with van der Waals surface area (Å²) in [4.78, 5) is 2.81. The summed E-state index contributed by atoms with van der Waals surface area (Å²) in [6.07, 6.45) is 4.11. The molecule has 1 aliphatic rings. The van der Waals surface area contributed by atoms with Gasteiger partial charge in [0, 0.05) is 9.75 Å². The Bertz CT molecular complexity index is 554. The number of hydrogen-bond acceptors (Lipinski definition) is 2. The van der Waals surface area contributed by atoms with E-state index in [4.69, 9.17) is 0 Å². The number of benzene rings is 1. The Balaban J connectivity index is 1.99. The first-order valence-corrected chi connectivity index (χ1v) is 7.93. The summed E-state index contributed by atoms with van der Waals surface area (Å²) in [5.41, 5.74) is 3.02. The zero-order valence-electron chi connectivity index (χ0n) is 11.6. The highest BCUT2D eigenvalue weighted by Crippen LogP contribution is 2.41. The highest BCUT2D eigenvalue weighted by molar-refractivity contribution is 7.12. The third-order valence-electron chi connectivity index (χ3n) is 4.19. The van der Waals surface area contributed by atoms with Crippen molar-refractivity contribution in [2.24, 2.45) is 0 Å². The van der Waals surface area contributed by atoms with Crippen molar-refractivity contribution < 1.29 is 0 Å². The molecule has 1 fully saturated rings. The predicted molar refractivity (Wildman–Crippen MR) is 83.0 cm³/mol. The van der Waals surface area contributed by atoms with Crippen LogP contribution in [0, 0.1) is 6.92 Å². The molecule has 1 N–H and O–H groups in total. The molecule has 1 aliphatic carbocycles. The van der Waals surface area contributed by atoms with Crippen LogP contribution in [0.2, 0.25) is 0 Å². The Morgan fingerprint density at radius 3 is 2.53 bits per heavy atom. The molecule has 0 spiro atoms. The van der Waals surface area contributed by atoms with Crippen molar-refractivity contribution in [1.82, 2.24) is 5.32 Å². The molecule has 0 bridgehead atoms. The topological polar surface area (TPSA) is 12.0 Å². The van der Waals surface area contributed by atoms with Crippen molar-refractivity contribution in [3.05, 3.63) is 57.3 Å². The molecule has 1 nitrogen and oxygen atoms in total. The molecule has 0 saturated heterocycles. The number of aryl methyl sites for hydroxylation is 1. The van der Waals surface area contributed by atoms with Gasteiger partial charge >= 0.3 is 0 Å². The molecule has 1 saturated carbocycles. The Kier molecular flexibility index (Phi) is 3.72. The van der Waals surface area contributed by atoms with Crippen LogP contribution < -0.4 is 5.32 Å². The summed E-state index contributed by atoms with van der Waals surface area (Å²) in [5, 5.41) is 3.50. The van der Waals surface area contributed by atoms with E-state index >= 15 is 0 Å². The molecule has 0 amide bonds. The fourth-order valence-electron chi connectivity index (χ4n) is 2.92. The molecule has 0 radical (unpaired) electrons. The molecule has 1 atom stereocenters. The number of hydrogen-bond donors (Lipinski definition) is 1. The average Bonchev–Trinajstić information content (AvgIpc) is 2.77. The van der Waals surface area contributed by atoms with Crippen LogP contribution in [0.3, 0.4) is 0 Å². The van der Waals surface area contributed by atoms with Gasteiger partial charge in [0.15, 0.2) is 0 Å². The van der Waals surface area contributed by atoms with Crippen molar-refractivity contribution in [1.29, 1.82) is 0 Å². The second-order valence-corrected chi connectivity index (χ2v) is 6.75. The molecular formula is C17H21NS. The normalized spacial score (nSPS) is 17.2. The van der Waals surface area contributed by atoms with E-state index < -0.39 is 0 Å². The van der Waals surface area contributed by atoms with Gasteiger partial charge in [-0.3, -0.25) is 0 Å². The van der Waals surface area contributed by atoms with E-state index in [0.717, 1.165) is 5.92 Å². The van der Waals surface area contributed by atoms with Crippen molar-refractivity contribution in [3.63, 3.8) is 0 Å². The zero-order valence-corrected chi connectivity index (χ0v) is 12.5. The maximum absolute atomic E-state index is 3.50. The maximum Gasteiger partial charge on any atom is 0.0671 e. The first kappa shape index (κ1) is 12.9. The Labute approximate surface area is 119 Å². The molecule has 2 heteroatoms. The zero-order chi connectivity index (χ0) is 13.2. The molecule has 1 aromatic carbocycles. The lowest BCUT2D eigenvalue weighted by molar-refractivity contribution is 0.415. The first-order valence-electron chi connectivity index (χ1n) is 7.12. The van der Waals surface area contributed by atoms with E-state index in [-0.39, 0.29) is 0 Å². The Hall–Kier alpha value is -1.12. The molecular weight excluding hydrogens is 250 g/mol. The summed E-state index contributed by atoms with van der Waals surface area (Å²) in [6.45, 7) is 2.18. The van der Waals surface area contributed by atoms with Crippen LogP contribution in [0.25, 0.3) is 0 Å². The third kappa shape index (κ3) is 2.47. The lowest BCUT2D eigenvalue weighted by Crippen LogP contribution is -2.20. The molecule has 2 aromatic rings. The second kappa shape index (κ2) is 5.48. The standard InChI is InChI=1S/C17H21NS/c1-12-10-11-16(19-12)17(18-2)15-9-4-3-8-14(15)13-6-5-7-13/h3-4,8-11,13,17-18H,5-7H2,1-2H3. The van der Waals surface area contributed by atoms with Gasteiger partial charge in [-0.05, 0) is 56.0 Å². The minimum atomic E-state index is 0.343. The fourth-order valence-corrected chi connectivity index (χ4v) is 3.93. The second-order valence-electron chi connectivity index (χ2n) is 5.43. The van der Waals surface area contributed by atoms with Crippen LogP contribution in [-0.4, -0.2) is 7.05 Å². The van der Waals surface area contributed by atoms with Crippen molar-refractivity contribution in [3.8, 4) is 0 Å². The Morgan fingerprint density at radius 1 is 1.16 bits per heavy atom. The maximum atomic E-state index is 3.50. The monoisotopic (exact) mass is 271 g/mol. The van der Waals surface area contributed by atoms with Gasteiger partial charge in [-0.2, -0.15) is 0 Å². The van der Waals surface area contributed by atoms with Gasteiger partial charge in [0.25, 0.3) is 0 Å². The minimum absolute atomic E-state index is 0.343. The summed E-state index contributed by atoms with van der Waals surface area (Å²) < 4.78 is 0. The predicted octanol–water partition coefficient (Wildman–Crippen LogP) is 4.63. The van der Waals surface area contributed by atoms with Gasteiger partial charge in [-0.15, -0.1) is 11.3 Å². The van der Waals surface area contributed by atoms with Crippen LogP contribution in [0.1, 0.15) is 52.1 Å². The highest BCUT2D eigenvalue weighted by Gasteiger charge is 2.25. The van der Waals surface area contributed by atoms with Crippen LogP contribution in [0.5, 0.6) is 0 Å². The molecule has 3 rings (SSSR count). The highest BCUT2D eigenvalue weighted by atomic mass is 32.1. The lowest BCUT2D eigenvalue weighted by atomic mass is 9.77. The van der Waals surface area contributed by atoms with Gasteiger partial charge in [-0.25, -0.2) is 0 Å². The molecule has 19 heavy (non-hydrogen) atoms. The van der Waals surface area contributed by atoms with Crippen LogP contribution in [0.4, 0.5) is 0 Å². The lowest BCUT2D eigenvalue weighted by Gasteiger charge is -2.30. The number of nitrogens with one attached hydrogen (secondary N) is 1. The molecule has 1 aromatic heterocycles. The van der Waals surface area contributed by atoms with E-state index in [2.05, 4.69) is 55.7 Å². The van der Waals surface area contributed by atoms with Gasteiger partial charge in [0.05, 0.1) is 6.04 Å². The van der Waals surface area contributed by atoms with E-state index in [9.17, 15) is 0 Å². The summed E-state index contributed by atoms with van der Waals surface area (Å²) >= 11 is 1.90. The van der Waals surface area contributed by atoms with E-state index in [1.807, 2.05) is 11.3 Å². The van der Waals surface area contributed by atoms with Gasteiger partial charge in [0.1, 0.15) is 0 Å². The largest absolute Gasteiger partial charge is 0.309 e. The molecule has 1 unspecified atom stereocenters. The number of rotatable bonds is 4. The Morgan fingerprint density at radius 2 is 1.95 bits per heavy atom. The quantitative estimate of drug-likeness (QED) is 0.854. The van der Waals surface area contributed by atoms with Crippen LogP contribution >= 0.6 is 11.3 Å². The van der Waals surface area contributed by atoms with Gasteiger partial charge in [0.2, 0.25) is 0 Å². The van der Waals surface area contributed by atoms with Crippen molar-refractivity contribution in [2.45, 2.75) is 38.1 Å². The summed E-state index contributed by atoms with van der Waals surface area (Å²) in [5.74, 6) is 0.785.